The van der Waals surface area contributed by atoms with Crippen molar-refractivity contribution in [3.05, 3.63) is 107 Å². The molecule has 3 aromatic carbocycles. The first-order chi connectivity index (χ1) is 17.6. The number of hydrogen-bond acceptors (Lipinski definition) is 4. The summed E-state index contributed by atoms with van der Waals surface area (Å²) in [5, 5.41) is 5.97. The lowest BCUT2D eigenvalue weighted by atomic mass is 10.0. The van der Waals surface area contributed by atoms with Gasteiger partial charge in [0.05, 0.1) is 0 Å². The molecule has 1 heterocycles. The fourth-order valence-electron chi connectivity index (χ4n) is 4.53. The SMILES string of the molecule is Cc1ccccc1CN1CCC(NC(=O)C(Cc2ccccc2)NC(=O)OCc2ccccc2)CC1. The van der Waals surface area contributed by atoms with E-state index in [1.807, 2.05) is 60.7 Å². The summed E-state index contributed by atoms with van der Waals surface area (Å²) in [5.41, 5.74) is 4.53. The van der Waals surface area contributed by atoms with Crippen LogP contribution < -0.4 is 10.6 Å². The molecular weight excluding hydrogens is 450 g/mol. The molecule has 6 nitrogen and oxygen atoms in total. The van der Waals surface area contributed by atoms with Crippen molar-refractivity contribution in [3.8, 4) is 0 Å². The fraction of sp³-hybridized carbons (Fsp3) is 0.333. The molecule has 6 heteroatoms. The Hall–Kier alpha value is -3.64. The predicted octanol–water partition coefficient (Wildman–Crippen LogP) is 4.61. The van der Waals surface area contributed by atoms with E-state index in [1.54, 1.807) is 0 Å². The Kier molecular flexibility index (Phi) is 9.11. The summed E-state index contributed by atoms with van der Waals surface area (Å²) < 4.78 is 5.38. The second-order valence-corrected chi connectivity index (χ2v) is 9.43. The molecule has 4 rings (SSSR count). The van der Waals surface area contributed by atoms with Gasteiger partial charge in [-0.3, -0.25) is 9.69 Å². The van der Waals surface area contributed by atoms with Gasteiger partial charge in [0.2, 0.25) is 5.91 Å². The third-order valence-corrected chi connectivity index (χ3v) is 6.69. The number of benzene rings is 3. The first-order valence-electron chi connectivity index (χ1n) is 12.6. The number of nitrogens with zero attached hydrogens (tertiary/aromatic N) is 1. The second kappa shape index (κ2) is 12.9. The van der Waals surface area contributed by atoms with Crippen LogP contribution in [-0.2, 0) is 29.1 Å². The van der Waals surface area contributed by atoms with Gasteiger partial charge in [0.15, 0.2) is 0 Å². The minimum absolute atomic E-state index is 0.0889. The third-order valence-electron chi connectivity index (χ3n) is 6.69. The Bertz CT molecular complexity index is 1110. The molecule has 2 N–H and O–H groups in total. The molecule has 0 spiro atoms. The molecule has 0 saturated carbocycles. The lowest BCUT2D eigenvalue weighted by Crippen LogP contribution is -2.52. The Morgan fingerprint density at radius 3 is 2.17 bits per heavy atom. The van der Waals surface area contributed by atoms with Gasteiger partial charge in [-0.05, 0) is 42.0 Å². The smallest absolute Gasteiger partial charge is 0.408 e. The Morgan fingerprint density at radius 2 is 1.50 bits per heavy atom. The van der Waals surface area contributed by atoms with Gasteiger partial charge in [-0.15, -0.1) is 0 Å². The molecule has 0 bridgehead atoms. The van der Waals surface area contributed by atoms with Gasteiger partial charge in [0, 0.05) is 32.1 Å². The molecule has 0 aromatic heterocycles. The highest BCUT2D eigenvalue weighted by molar-refractivity contribution is 5.86. The van der Waals surface area contributed by atoms with Gasteiger partial charge in [-0.1, -0.05) is 84.9 Å². The molecular formula is C30H35N3O3. The van der Waals surface area contributed by atoms with Crippen molar-refractivity contribution in [1.82, 2.24) is 15.5 Å². The summed E-state index contributed by atoms with van der Waals surface area (Å²) in [5.74, 6) is -0.173. The van der Waals surface area contributed by atoms with Crippen LogP contribution in [0.2, 0.25) is 0 Å². The van der Waals surface area contributed by atoms with Gasteiger partial charge >= 0.3 is 6.09 Å². The molecule has 188 valence electrons. The highest BCUT2D eigenvalue weighted by Crippen LogP contribution is 2.16. The standard InChI is InChI=1S/C30H35N3O3/c1-23-10-8-9-15-26(23)21-33-18-16-27(17-19-33)31-29(34)28(20-24-11-4-2-5-12-24)32-30(35)36-22-25-13-6-3-7-14-25/h2-15,27-28H,16-22H2,1H3,(H,31,34)(H,32,35). The van der Waals surface area contributed by atoms with E-state index in [2.05, 4.69) is 46.7 Å². The Morgan fingerprint density at radius 1 is 0.889 bits per heavy atom. The zero-order valence-corrected chi connectivity index (χ0v) is 20.9. The van der Waals surface area contributed by atoms with Crippen LogP contribution >= 0.6 is 0 Å². The minimum Gasteiger partial charge on any atom is -0.445 e. The number of alkyl carbamates (subject to hydrolysis) is 1. The number of likely N-dealkylation sites (tertiary alicyclic amines) is 1. The van der Waals surface area contributed by atoms with Gasteiger partial charge in [-0.25, -0.2) is 4.79 Å². The van der Waals surface area contributed by atoms with Crippen LogP contribution in [0.25, 0.3) is 0 Å². The Balaban J connectivity index is 1.31. The first kappa shape index (κ1) is 25.5. The zero-order valence-electron chi connectivity index (χ0n) is 20.9. The Labute approximate surface area is 213 Å². The predicted molar refractivity (Wildman–Crippen MR) is 141 cm³/mol. The number of amides is 2. The van der Waals surface area contributed by atoms with Crippen molar-refractivity contribution < 1.29 is 14.3 Å². The molecule has 2 amide bonds. The highest BCUT2D eigenvalue weighted by Gasteiger charge is 2.27. The number of ether oxygens (including phenoxy) is 1. The molecule has 0 radical (unpaired) electrons. The topological polar surface area (TPSA) is 70.7 Å². The van der Waals surface area contributed by atoms with E-state index in [-0.39, 0.29) is 18.6 Å². The van der Waals surface area contributed by atoms with E-state index in [1.165, 1.54) is 11.1 Å². The molecule has 1 fully saturated rings. The van der Waals surface area contributed by atoms with Crippen molar-refractivity contribution >= 4 is 12.0 Å². The summed E-state index contributed by atoms with van der Waals surface area (Å²) in [6.45, 7) is 5.09. The number of nitrogens with one attached hydrogen (secondary N) is 2. The molecule has 1 aliphatic rings. The van der Waals surface area contributed by atoms with Gasteiger partial charge < -0.3 is 15.4 Å². The molecule has 36 heavy (non-hydrogen) atoms. The zero-order chi connectivity index (χ0) is 25.2. The minimum atomic E-state index is -0.708. The van der Waals surface area contributed by atoms with Gasteiger partial charge in [-0.2, -0.15) is 0 Å². The van der Waals surface area contributed by atoms with E-state index in [0.717, 1.165) is 43.6 Å². The number of carbonyl (C=O) groups is 2. The summed E-state index contributed by atoms with van der Waals surface area (Å²) in [6, 6.07) is 27.1. The van der Waals surface area contributed by atoms with E-state index in [9.17, 15) is 9.59 Å². The van der Waals surface area contributed by atoms with Crippen LogP contribution in [0, 0.1) is 6.92 Å². The average molecular weight is 486 g/mol. The third kappa shape index (κ3) is 7.68. The average Bonchev–Trinajstić information content (AvgIpc) is 2.91. The monoisotopic (exact) mass is 485 g/mol. The van der Waals surface area contributed by atoms with Crippen molar-refractivity contribution in [2.24, 2.45) is 0 Å². The summed E-state index contributed by atoms with van der Waals surface area (Å²) in [6.07, 6.45) is 1.57. The van der Waals surface area contributed by atoms with Crippen molar-refractivity contribution in [2.45, 2.75) is 51.4 Å². The largest absolute Gasteiger partial charge is 0.445 e. The van der Waals surface area contributed by atoms with E-state index < -0.39 is 12.1 Å². The van der Waals surface area contributed by atoms with Crippen LogP contribution in [0.15, 0.2) is 84.9 Å². The molecule has 0 aliphatic carbocycles. The number of rotatable bonds is 9. The van der Waals surface area contributed by atoms with E-state index in [0.29, 0.717) is 6.42 Å². The van der Waals surface area contributed by atoms with Gasteiger partial charge in [0.1, 0.15) is 12.6 Å². The normalized spacial score (nSPS) is 15.1. The first-order valence-corrected chi connectivity index (χ1v) is 12.6. The maximum Gasteiger partial charge on any atom is 0.408 e. The maximum absolute atomic E-state index is 13.2. The van der Waals surface area contributed by atoms with Gasteiger partial charge in [0.25, 0.3) is 0 Å². The van der Waals surface area contributed by atoms with Crippen LogP contribution in [0.3, 0.4) is 0 Å². The molecule has 1 saturated heterocycles. The van der Waals surface area contributed by atoms with Crippen molar-refractivity contribution in [3.63, 3.8) is 0 Å². The second-order valence-electron chi connectivity index (χ2n) is 9.43. The lowest BCUT2D eigenvalue weighted by molar-refractivity contribution is -0.124. The summed E-state index contributed by atoms with van der Waals surface area (Å²) >= 11 is 0. The van der Waals surface area contributed by atoms with Crippen LogP contribution in [0.1, 0.15) is 35.1 Å². The van der Waals surface area contributed by atoms with Crippen LogP contribution in [0.5, 0.6) is 0 Å². The summed E-state index contributed by atoms with van der Waals surface area (Å²) in [4.78, 5) is 28.2. The maximum atomic E-state index is 13.2. The highest BCUT2D eigenvalue weighted by atomic mass is 16.5. The quantitative estimate of drug-likeness (QED) is 0.464. The number of carbonyl (C=O) groups excluding carboxylic acids is 2. The fourth-order valence-corrected chi connectivity index (χ4v) is 4.53. The van der Waals surface area contributed by atoms with E-state index in [4.69, 9.17) is 4.74 Å². The van der Waals surface area contributed by atoms with Crippen LogP contribution in [0.4, 0.5) is 4.79 Å². The number of aryl methyl sites for hydroxylation is 1. The molecule has 3 aromatic rings. The summed E-state index contributed by atoms with van der Waals surface area (Å²) in [7, 11) is 0. The molecule has 1 atom stereocenters. The number of piperidine rings is 1. The van der Waals surface area contributed by atoms with Crippen LogP contribution in [-0.4, -0.2) is 42.1 Å². The van der Waals surface area contributed by atoms with Crippen molar-refractivity contribution in [2.75, 3.05) is 13.1 Å². The number of hydrogen-bond donors (Lipinski definition) is 2. The molecule has 1 unspecified atom stereocenters. The van der Waals surface area contributed by atoms with E-state index >= 15 is 0 Å². The molecule has 1 aliphatic heterocycles. The van der Waals surface area contributed by atoms with Crippen molar-refractivity contribution in [1.29, 1.82) is 0 Å². The lowest BCUT2D eigenvalue weighted by Gasteiger charge is -2.33.